The number of aromatic nitrogens is 2. The van der Waals surface area contributed by atoms with Crippen LogP contribution in [0.15, 0.2) is 0 Å². The molecule has 5 heteroatoms. The molecular formula is C10H15BrN2O2. The minimum Gasteiger partial charge on any atom is -0.468 e. The van der Waals surface area contributed by atoms with Gasteiger partial charge in [-0.2, -0.15) is 5.10 Å². The number of rotatable bonds is 3. The van der Waals surface area contributed by atoms with Gasteiger partial charge in [0, 0.05) is 5.69 Å². The average molecular weight is 275 g/mol. The molecule has 0 aliphatic carbocycles. The number of carbonyl (C=O) groups is 1. The molecule has 0 radical (unpaired) electrons. The zero-order chi connectivity index (χ0) is 11.6. The van der Waals surface area contributed by atoms with E-state index in [1.807, 2.05) is 25.5 Å². The van der Waals surface area contributed by atoms with Crippen LogP contribution in [0.4, 0.5) is 0 Å². The lowest BCUT2D eigenvalue weighted by molar-refractivity contribution is -0.140. The van der Waals surface area contributed by atoms with Crippen LogP contribution >= 0.6 is 15.9 Å². The van der Waals surface area contributed by atoms with E-state index < -0.39 is 0 Å². The maximum atomic E-state index is 11.2. The SMILES string of the molecule is COC(=O)C(Br)Cn1nc(C)c(C)c1C. The molecule has 1 aromatic rings. The van der Waals surface area contributed by atoms with Gasteiger partial charge in [-0.15, -0.1) is 0 Å². The van der Waals surface area contributed by atoms with E-state index in [4.69, 9.17) is 0 Å². The summed E-state index contributed by atoms with van der Waals surface area (Å²) in [5.74, 6) is -0.278. The summed E-state index contributed by atoms with van der Waals surface area (Å²) in [4.78, 5) is 10.9. The Balaban J connectivity index is 2.81. The van der Waals surface area contributed by atoms with Crippen molar-refractivity contribution in [3.8, 4) is 0 Å². The predicted octanol–water partition coefficient (Wildman–Crippen LogP) is 1.74. The van der Waals surface area contributed by atoms with Crippen molar-refractivity contribution in [3.63, 3.8) is 0 Å². The van der Waals surface area contributed by atoms with E-state index in [9.17, 15) is 4.79 Å². The fourth-order valence-electron chi connectivity index (χ4n) is 1.32. The summed E-state index contributed by atoms with van der Waals surface area (Å²) >= 11 is 3.27. The number of ether oxygens (including phenoxy) is 1. The summed E-state index contributed by atoms with van der Waals surface area (Å²) in [6, 6.07) is 0. The van der Waals surface area contributed by atoms with Crippen molar-refractivity contribution in [1.82, 2.24) is 9.78 Å². The van der Waals surface area contributed by atoms with Gasteiger partial charge < -0.3 is 4.74 Å². The van der Waals surface area contributed by atoms with Crippen molar-refractivity contribution < 1.29 is 9.53 Å². The first-order valence-electron chi connectivity index (χ1n) is 4.70. The van der Waals surface area contributed by atoms with Gasteiger partial charge in [-0.05, 0) is 26.3 Å². The second-order valence-corrected chi connectivity index (χ2v) is 4.57. The molecule has 0 spiro atoms. The standard InChI is InChI=1S/C10H15BrN2O2/c1-6-7(2)12-13(8(6)3)5-9(11)10(14)15-4/h9H,5H2,1-4H3. The minimum atomic E-state index is -0.347. The van der Waals surface area contributed by atoms with Crippen molar-refractivity contribution in [2.45, 2.75) is 32.1 Å². The van der Waals surface area contributed by atoms with Crippen LogP contribution in [0.3, 0.4) is 0 Å². The smallest absolute Gasteiger partial charge is 0.321 e. The van der Waals surface area contributed by atoms with Gasteiger partial charge in [0.05, 0.1) is 19.3 Å². The molecule has 1 atom stereocenters. The molecule has 0 bridgehead atoms. The summed E-state index contributed by atoms with van der Waals surface area (Å²) < 4.78 is 6.45. The molecule has 0 saturated carbocycles. The van der Waals surface area contributed by atoms with E-state index in [0.717, 1.165) is 11.4 Å². The van der Waals surface area contributed by atoms with Crippen molar-refractivity contribution in [1.29, 1.82) is 0 Å². The third-order valence-electron chi connectivity index (χ3n) is 2.53. The van der Waals surface area contributed by atoms with Crippen molar-refractivity contribution in [2.75, 3.05) is 7.11 Å². The first-order valence-corrected chi connectivity index (χ1v) is 5.61. The molecule has 0 aliphatic heterocycles. The fraction of sp³-hybridized carbons (Fsp3) is 0.600. The van der Waals surface area contributed by atoms with Gasteiger partial charge in [-0.3, -0.25) is 9.48 Å². The second kappa shape index (κ2) is 4.79. The Hall–Kier alpha value is -0.840. The van der Waals surface area contributed by atoms with Gasteiger partial charge in [0.1, 0.15) is 4.83 Å². The summed E-state index contributed by atoms with van der Waals surface area (Å²) in [5.41, 5.74) is 3.25. The Kier molecular flexibility index (Phi) is 3.90. The molecule has 0 aliphatic rings. The number of esters is 1. The lowest BCUT2D eigenvalue weighted by Crippen LogP contribution is -2.22. The number of methoxy groups -OCH3 is 1. The van der Waals surface area contributed by atoms with Crippen LogP contribution in [0.2, 0.25) is 0 Å². The number of nitrogens with zero attached hydrogens (tertiary/aromatic N) is 2. The lowest BCUT2D eigenvalue weighted by atomic mass is 10.2. The quantitative estimate of drug-likeness (QED) is 0.623. The van der Waals surface area contributed by atoms with Crippen molar-refractivity contribution in [3.05, 3.63) is 17.0 Å². The summed E-state index contributed by atoms with van der Waals surface area (Å²) in [7, 11) is 1.38. The largest absolute Gasteiger partial charge is 0.468 e. The van der Waals surface area contributed by atoms with Crippen molar-refractivity contribution >= 4 is 21.9 Å². The highest BCUT2D eigenvalue weighted by molar-refractivity contribution is 9.10. The summed E-state index contributed by atoms with van der Waals surface area (Å²) in [5, 5.41) is 4.35. The minimum absolute atomic E-state index is 0.278. The molecular weight excluding hydrogens is 260 g/mol. The van der Waals surface area contributed by atoms with Gasteiger partial charge in [0.25, 0.3) is 0 Å². The van der Waals surface area contributed by atoms with E-state index in [0.29, 0.717) is 6.54 Å². The summed E-state index contributed by atoms with van der Waals surface area (Å²) in [6.45, 7) is 6.47. The molecule has 15 heavy (non-hydrogen) atoms. The van der Waals surface area contributed by atoms with E-state index in [1.165, 1.54) is 12.7 Å². The highest BCUT2D eigenvalue weighted by Crippen LogP contribution is 2.13. The molecule has 0 fully saturated rings. The number of carbonyl (C=O) groups excluding carboxylic acids is 1. The van der Waals surface area contributed by atoms with E-state index >= 15 is 0 Å². The van der Waals surface area contributed by atoms with Crippen molar-refractivity contribution in [2.24, 2.45) is 0 Å². The highest BCUT2D eigenvalue weighted by atomic mass is 79.9. The van der Waals surface area contributed by atoms with Crippen LogP contribution in [-0.4, -0.2) is 27.7 Å². The Morgan fingerprint density at radius 2 is 2.13 bits per heavy atom. The van der Waals surface area contributed by atoms with Gasteiger partial charge >= 0.3 is 5.97 Å². The van der Waals surface area contributed by atoms with Crippen LogP contribution in [0, 0.1) is 20.8 Å². The van der Waals surface area contributed by atoms with Gasteiger partial charge in [0.15, 0.2) is 0 Å². The first kappa shape index (κ1) is 12.2. The van der Waals surface area contributed by atoms with Gasteiger partial charge in [-0.25, -0.2) is 0 Å². The highest BCUT2D eigenvalue weighted by Gasteiger charge is 2.18. The third-order valence-corrected chi connectivity index (χ3v) is 3.20. The average Bonchev–Trinajstić information content (AvgIpc) is 2.45. The Labute approximate surface area is 97.7 Å². The fourth-order valence-corrected chi connectivity index (χ4v) is 1.78. The number of alkyl halides is 1. The molecule has 84 valence electrons. The second-order valence-electron chi connectivity index (χ2n) is 3.47. The Bertz CT molecular complexity index is 374. The Morgan fingerprint density at radius 1 is 1.53 bits per heavy atom. The molecule has 4 nitrogen and oxygen atoms in total. The predicted molar refractivity (Wildman–Crippen MR) is 61.2 cm³/mol. The molecule has 1 rings (SSSR count). The van der Waals surface area contributed by atoms with Crippen LogP contribution in [0.25, 0.3) is 0 Å². The van der Waals surface area contributed by atoms with Crippen LogP contribution in [0.5, 0.6) is 0 Å². The van der Waals surface area contributed by atoms with E-state index in [-0.39, 0.29) is 10.8 Å². The number of hydrogen-bond acceptors (Lipinski definition) is 3. The third kappa shape index (κ3) is 2.59. The van der Waals surface area contributed by atoms with Crippen LogP contribution < -0.4 is 0 Å². The van der Waals surface area contributed by atoms with E-state index in [2.05, 4.69) is 25.8 Å². The number of aryl methyl sites for hydroxylation is 1. The van der Waals surface area contributed by atoms with Gasteiger partial charge in [-0.1, -0.05) is 15.9 Å². The first-order chi connectivity index (χ1) is 6.97. The molecule has 0 N–H and O–H groups in total. The lowest BCUT2D eigenvalue weighted by Gasteiger charge is -2.09. The normalized spacial score (nSPS) is 12.6. The zero-order valence-corrected chi connectivity index (χ0v) is 11.0. The molecule has 1 heterocycles. The van der Waals surface area contributed by atoms with Gasteiger partial charge in [0.2, 0.25) is 0 Å². The molecule has 0 aromatic carbocycles. The molecule has 0 saturated heterocycles. The number of halogens is 1. The Morgan fingerprint density at radius 3 is 2.53 bits per heavy atom. The molecule has 1 unspecified atom stereocenters. The molecule has 0 amide bonds. The monoisotopic (exact) mass is 274 g/mol. The maximum Gasteiger partial charge on any atom is 0.321 e. The summed E-state index contributed by atoms with van der Waals surface area (Å²) in [6.07, 6.45) is 0. The maximum absolute atomic E-state index is 11.2. The number of hydrogen-bond donors (Lipinski definition) is 0. The molecule has 1 aromatic heterocycles. The van der Waals surface area contributed by atoms with Crippen LogP contribution in [-0.2, 0) is 16.1 Å². The topological polar surface area (TPSA) is 44.1 Å². The van der Waals surface area contributed by atoms with Crippen LogP contribution in [0.1, 0.15) is 17.0 Å². The van der Waals surface area contributed by atoms with E-state index in [1.54, 1.807) is 0 Å². The zero-order valence-electron chi connectivity index (χ0n) is 9.37.